The first-order valence-corrected chi connectivity index (χ1v) is 5.89. The molecule has 0 spiro atoms. The minimum absolute atomic E-state index is 0.500. The summed E-state index contributed by atoms with van der Waals surface area (Å²) in [5.41, 5.74) is -0.500. The van der Waals surface area contributed by atoms with Crippen molar-refractivity contribution >= 4 is 9.65 Å². The molecular weight excluding hydrogens is 224 g/mol. The number of rotatable bonds is 0. The van der Waals surface area contributed by atoms with Gasteiger partial charge in [-0.05, 0) is 63.1 Å². The molecule has 16 heavy (non-hydrogen) atoms. The van der Waals surface area contributed by atoms with Crippen molar-refractivity contribution in [3.63, 3.8) is 0 Å². The molecule has 0 aliphatic carbocycles. The molecule has 0 aromatic heterocycles. The van der Waals surface area contributed by atoms with E-state index in [9.17, 15) is 0 Å². The molecule has 0 rings (SSSR count). The fourth-order valence-corrected chi connectivity index (χ4v) is 0. The quantitative estimate of drug-likeness (QED) is 0.587. The molecule has 5 nitrogen and oxygen atoms in total. The van der Waals surface area contributed by atoms with Crippen LogP contribution in [-0.2, 0) is 4.46 Å². The molecule has 102 valence electrons. The maximum Gasteiger partial charge on any atom is 0.484 e. The van der Waals surface area contributed by atoms with E-state index in [0.29, 0.717) is 0 Å². The normalized spacial score (nSPS) is 9.00. The van der Waals surface area contributed by atoms with E-state index in [1.165, 1.54) is 0 Å². The molecule has 0 saturated carbocycles. The number of hydrogen-bond donors (Lipinski definition) is 2. The minimum Gasteiger partial charge on any atom is -0.541 e. The van der Waals surface area contributed by atoms with Crippen LogP contribution in [-0.4, -0.2) is 77.2 Å². The van der Waals surface area contributed by atoms with Gasteiger partial charge in [-0.2, -0.15) is 0 Å². The predicted octanol–water partition coefficient (Wildman–Crippen LogP) is -0.191. The van der Waals surface area contributed by atoms with E-state index in [-0.39, 0.29) is 0 Å². The lowest BCUT2D eigenvalue weighted by Crippen LogP contribution is -2.10. The molecule has 0 fully saturated rings. The highest BCUT2D eigenvalue weighted by atomic mass is 28.2. The average Bonchev–Trinajstić information content (AvgIpc) is 1.78. The van der Waals surface area contributed by atoms with Gasteiger partial charge in [0.05, 0.1) is 5.60 Å². The second-order valence-electron chi connectivity index (χ2n) is 4.96. The van der Waals surface area contributed by atoms with Crippen LogP contribution in [0.5, 0.6) is 0 Å². The third-order valence-electron chi connectivity index (χ3n) is 0. The van der Waals surface area contributed by atoms with Crippen molar-refractivity contribution in [2.45, 2.75) is 26.4 Å². The van der Waals surface area contributed by atoms with Crippen LogP contribution in [0.15, 0.2) is 0 Å². The lowest BCUT2D eigenvalue weighted by molar-refractivity contribution is 0.102. The molecule has 0 aromatic rings. The molecule has 0 atom stereocenters. The fourth-order valence-electron chi connectivity index (χ4n) is 0. The Balaban J connectivity index is -0.0000000610. The molecule has 0 aliphatic heterocycles. The second kappa shape index (κ2) is 17.1. The van der Waals surface area contributed by atoms with Crippen molar-refractivity contribution in [3.05, 3.63) is 0 Å². The zero-order valence-corrected chi connectivity index (χ0v) is 13.4. The van der Waals surface area contributed by atoms with Gasteiger partial charge in [0.1, 0.15) is 0 Å². The van der Waals surface area contributed by atoms with Crippen LogP contribution in [0, 0.1) is 0 Å². The molecule has 0 bridgehead atoms. The Hall–Kier alpha value is -0.303. The first kappa shape index (κ1) is 24.8. The Bertz CT molecular complexity index is 108. The minimum atomic E-state index is -1.50. The summed E-state index contributed by atoms with van der Waals surface area (Å²) < 4.78 is 8.57. The van der Waals surface area contributed by atoms with Gasteiger partial charge in [0.15, 0.2) is 0 Å². The van der Waals surface area contributed by atoms with Crippen LogP contribution in [0.3, 0.4) is 0 Å². The molecule has 0 saturated heterocycles. The zero-order valence-electron chi connectivity index (χ0n) is 12.3. The van der Waals surface area contributed by atoms with E-state index >= 15 is 0 Å². The molecule has 0 aromatic carbocycles. The molecule has 0 radical (unpaired) electrons. The Labute approximate surface area is 103 Å². The highest BCUT2D eigenvalue weighted by Gasteiger charge is 1.97. The van der Waals surface area contributed by atoms with Gasteiger partial charge in [-0.1, -0.05) is 0 Å². The average molecular weight is 254 g/mol. The van der Waals surface area contributed by atoms with Crippen LogP contribution in [0.25, 0.3) is 0 Å². The molecule has 0 aliphatic rings. The Morgan fingerprint density at radius 3 is 0.875 bits per heavy atom. The maximum absolute atomic E-state index is 8.57. The van der Waals surface area contributed by atoms with Crippen molar-refractivity contribution in [1.82, 2.24) is 9.80 Å². The van der Waals surface area contributed by atoms with Crippen molar-refractivity contribution in [1.29, 1.82) is 0 Å². The Morgan fingerprint density at radius 1 is 0.875 bits per heavy atom. The monoisotopic (exact) mass is 254 g/mol. The standard InChI is InChI=1S/C4H10O.2C3H9N.H2O2Si/c1-4(2,3)5;2*1-4(2)3;1-3-2/h5H,1-3H3;2*1-3H3;1,3H. The Kier molecular flexibility index (Phi) is 26.5. The van der Waals surface area contributed by atoms with Gasteiger partial charge >= 0.3 is 9.65 Å². The van der Waals surface area contributed by atoms with Gasteiger partial charge in [-0.3, -0.25) is 0 Å². The van der Waals surface area contributed by atoms with Crippen LogP contribution < -0.4 is 0 Å². The molecule has 0 unspecified atom stereocenters. The van der Waals surface area contributed by atoms with E-state index in [1.807, 2.05) is 52.1 Å². The van der Waals surface area contributed by atoms with Gasteiger partial charge in [0.25, 0.3) is 0 Å². The summed E-state index contributed by atoms with van der Waals surface area (Å²) in [5, 5.41) is 8.52. The largest absolute Gasteiger partial charge is 0.541 e. The first-order chi connectivity index (χ1) is 6.88. The van der Waals surface area contributed by atoms with E-state index in [1.54, 1.807) is 20.8 Å². The lowest BCUT2D eigenvalue weighted by atomic mass is 10.2. The van der Waals surface area contributed by atoms with Crippen molar-refractivity contribution in [2.75, 3.05) is 42.3 Å². The number of aliphatic hydroxyl groups is 1. The van der Waals surface area contributed by atoms with Crippen molar-refractivity contribution < 1.29 is 14.4 Å². The van der Waals surface area contributed by atoms with Gasteiger partial charge in [0.2, 0.25) is 0 Å². The summed E-state index contributed by atoms with van der Waals surface area (Å²) in [7, 11) is 10.5. The summed E-state index contributed by atoms with van der Waals surface area (Å²) in [5.74, 6) is 0. The van der Waals surface area contributed by atoms with E-state index in [4.69, 9.17) is 14.4 Å². The van der Waals surface area contributed by atoms with Crippen molar-refractivity contribution in [2.24, 2.45) is 0 Å². The second-order valence-corrected chi connectivity index (χ2v) is 5.17. The van der Waals surface area contributed by atoms with Gasteiger partial charge < -0.3 is 24.2 Å². The number of nitrogens with zero attached hydrogens (tertiary/aromatic N) is 2. The maximum atomic E-state index is 8.57. The molecule has 0 amide bonds. The van der Waals surface area contributed by atoms with E-state index in [2.05, 4.69) is 0 Å². The van der Waals surface area contributed by atoms with Crippen molar-refractivity contribution in [3.8, 4) is 0 Å². The zero-order chi connectivity index (χ0) is 14.4. The van der Waals surface area contributed by atoms with Gasteiger partial charge in [-0.25, -0.2) is 0 Å². The number of hydrogen-bond acceptors (Lipinski definition) is 4. The molecule has 0 heterocycles. The topological polar surface area (TPSA) is 64.0 Å². The lowest BCUT2D eigenvalue weighted by Gasteiger charge is -2.04. The Morgan fingerprint density at radius 2 is 0.875 bits per heavy atom. The van der Waals surface area contributed by atoms with Crippen LogP contribution in [0.1, 0.15) is 20.8 Å². The summed E-state index contributed by atoms with van der Waals surface area (Å²) in [6, 6.07) is 0. The molecular formula is C10H30N2O3Si. The summed E-state index contributed by atoms with van der Waals surface area (Å²) in [4.78, 5) is 11.1. The first-order valence-electron chi connectivity index (χ1n) is 4.90. The fraction of sp³-hybridized carbons (Fsp3) is 1.00. The SMILES string of the molecule is CC(C)(C)O.CN(C)C.CN(C)C.O=[SiH]O. The predicted molar refractivity (Wildman–Crippen MR) is 71.2 cm³/mol. The third-order valence-corrected chi connectivity index (χ3v) is 0. The summed E-state index contributed by atoms with van der Waals surface area (Å²) in [6.45, 7) is 5.23. The van der Waals surface area contributed by atoms with E-state index < -0.39 is 15.3 Å². The smallest absolute Gasteiger partial charge is 0.484 e. The van der Waals surface area contributed by atoms with Crippen LogP contribution in [0.2, 0.25) is 0 Å². The third kappa shape index (κ3) is 24000. The van der Waals surface area contributed by atoms with Gasteiger partial charge in [-0.15, -0.1) is 0 Å². The highest BCUT2D eigenvalue weighted by molar-refractivity contribution is 6.04. The van der Waals surface area contributed by atoms with Crippen LogP contribution in [0.4, 0.5) is 0 Å². The molecule has 6 heteroatoms. The van der Waals surface area contributed by atoms with E-state index in [0.717, 1.165) is 0 Å². The summed E-state index contributed by atoms with van der Waals surface area (Å²) >= 11 is 0. The van der Waals surface area contributed by atoms with Crippen LogP contribution >= 0.6 is 0 Å². The highest BCUT2D eigenvalue weighted by Crippen LogP contribution is 1.93. The molecule has 2 N–H and O–H groups in total. The van der Waals surface area contributed by atoms with Gasteiger partial charge in [0, 0.05) is 0 Å². The summed E-state index contributed by atoms with van der Waals surface area (Å²) in [6.07, 6.45) is 0.